The van der Waals surface area contributed by atoms with Crippen LogP contribution in [0.4, 0.5) is 17.3 Å². The highest BCUT2D eigenvalue weighted by Crippen LogP contribution is 2.29. The van der Waals surface area contributed by atoms with E-state index in [0.29, 0.717) is 11.5 Å². The van der Waals surface area contributed by atoms with Crippen LogP contribution in [0.3, 0.4) is 0 Å². The van der Waals surface area contributed by atoms with Crippen molar-refractivity contribution in [2.75, 3.05) is 42.9 Å². The van der Waals surface area contributed by atoms with Gasteiger partial charge in [0.25, 0.3) is 0 Å². The molecule has 4 aromatic rings. The standard InChI is InChI=1S/C27H28N6O/c1-2-32-13-15-33(16-14-32)23-7-4-6-22(17-23)30-27-29-18-21-5-3-8-24(25(21)31-27)19-9-11-20(12-10-19)26(28)34/h3-12,17-18H,2,13-16H2,1H3,(H2,28,34)(H,29,30,31). The third-order valence-corrected chi connectivity index (χ3v) is 6.38. The number of rotatable bonds is 6. The second kappa shape index (κ2) is 9.49. The number of nitrogens with one attached hydrogen (secondary N) is 1. The first kappa shape index (κ1) is 21.9. The summed E-state index contributed by atoms with van der Waals surface area (Å²) in [6, 6.07) is 21.7. The van der Waals surface area contributed by atoms with Crippen LogP contribution >= 0.6 is 0 Å². The van der Waals surface area contributed by atoms with E-state index in [4.69, 9.17) is 10.7 Å². The van der Waals surface area contributed by atoms with Gasteiger partial charge >= 0.3 is 0 Å². The van der Waals surface area contributed by atoms with Crippen molar-refractivity contribution in [2.24, 2.45) is 5.73 Å². The number of carbonyl (C=O) groups excluding carboxylic acids is 1. The average molecular weight is 453 g/mol. The maximum atomic E-state index is 11.4. The molecule has 1 fully saturated rings. The molecule has 7 nitrogen and oxygen atoms in total. The van der Waals surface area contributed by atoms with Crippen LogP contribution in [0.5, 0.6) is 0 Å². The summed E-state index contributed by atoms with van der Waals surface area (Å²) >= 11 is 0. The lowest BCUT2D eigenvalue weighted by molar-refractivity contribution is 0.100. The second-order valence-electron chi connectivity index (χ2n) is 8.48. The Labute approximate surface area is 199 Å². The third-order valence-electron chi connectivity index (χ3n) is 6.38. The van der Waals surface area contributed by atoms with Crippen molar-refractivity contribution in [2.45, 2.75) is 6.92 Å². The molecule has 3 N–H and O–H groups in total. The number of fused-ring (bicyclic) bond motifs is 1. The molecular formula is C27H28N6O. The number of para-hydroxylation sites is 1. The van der Waals surface area contributed by atoms with Gasteiger partial charge < -0.3 is 20.9 Å². The molecule has 3 aromatic carbocycles. The van der Waals surface area contributed by atoms with E-state index in [1.165, 1.54) is 5.69 Å². The fraction of sp³-hybridized carbons (Fsp3) is 0.222. The van der Waals surface area contributed by atoms with E-state index in [9.17, 15) is 4.79 Å². The lowest BCUT2D eigenvalue weighted by Crippen LogP contribution is -2.46. The lowest BCUT2D eigenvalue weighted by Gasteiger charge is -2.35. The summed E-state index contributed by atoms with van der Waals surface area (Å²) in [5.41, 5.74) is 10.8. The number of benzene rings is 3. The van der Waals surface area contributed by atoms with Crippen molar-refractivity contribution in [3.05, 3.63) is 78.5 Å². The normalized spacial score (nSPS) is 14.3. The van der Waals surface area contributed by atoms with Crippen molar-refractivity contribution < 1.29 is 4.79 Å². The number of hydrogen-bond donors (Lipinski definition) is 2. The van der Waals surface area contributed by atoms with Crippen molar-refractivity contribution in [1.29, 1.82) is 0 Å². The molecule has 2 heterocycles. The van der Waals surface area contributed by atoms with Crippen molar-refractivity contribution in [3.8, 4) is 11.1 Å². The van der Waals surface area contributed by atoms with E-state index in [-0.39, 0.29) is 0 Å². The SMILES string of the molecule is CCN1CCN(c2cccc(Nc3ncc4cccc(-c5ccc(C(N)=O)cc5)c4n3)c2)CC1. The molecule has 1 amide bonds. The maximum absolute atomic E-state index is 11.4. The third kappa shape index (κ3) is 4.56. The van der Waals surface area contributed by atoms with Gasteiger partial charge in [0.05, 0.1) is 5.52 Å². The first-order valence-corrected chi connectivity index (χ1v) is 11.6. The predicted octanol–water partition coefficient (Wildman–Crippen LogP) is 4.28. The highest BCUT2D eigenvalue weighted by Gasteiger charge is 2.16. The van der Waals surface area contributed by atoms with E-state index >= 15 is 0 Å². The summed E-state index contributed by atoms with van der Waals surface area (Å²) in [6.07, 6.45) is 1.83. The minimum atomic E-state index is -0.437. The number of carbonyl (C=O) groups is 1. The Morgan fingerprint density at radius 3 is 2.50 bits per heavy atom. The maximum Gasteiger partial charge on any atom is 0.248 e. The molecule has 1 saturated heterocycles. The van der Waals surface area contributed by atoms with Gasteiger partial charge in [-0.15, -0.1) is 0 Å². The van der Waals surface area contributed by atoms with Crippen LogP contribution in [0, 0.1) is 0 Å². The Balaban J connectivity index is 1.41. The molecule has 1 aliphatic heterocycles. The molecule has 0 bridgehead atoms. The van der Waals surface area contributed by atoms with Gasteiger partial charge in [-0.2, -0.15) is 0 Å². The van der Waals surface area contributed by atoms with Gasteiger partial charge in [-0.1, -0.05) is 43.3 Å². The van der Waals surface area contributed by atoms with E-state index in [2.05, 4.69) is 45.2 Å². The Kier molecular flexibility index (Phi) is 6.10. The second-order valence-corrected chi connectivity index (χ2v) is 8.48. The van der Waals surface area contributed by atoms with Crippen LogP contribution in [-0.4, -0.2) is 53.5 Å². The zero-order valence-corrected chi connectivity index (χ0v) is 19.2. The van der Waals surface area contributed by atoms with Crippen LogP contribution in [-0.2, 0) is 0 Å². The zero-order valence-electron chi connectivity index (χ0n) is 19.2. The molecule has 0 unspecified atom stereocenters. The largest absolute Gasteiger partial charge is 0.369 e. The number of piperazine rings is 1. The van der Waals surface area contributed by atoms with E-state index < -0.39 is 5.91 Å². The van der Waals surface area contributed by atoms with Crippen molar-refractivity contribution in [3.63, 3.8) is 0 Å². The zero-order chi connectivity index (χ0) is 23.5. The summed E-state index contributed by atoms with van der Waals surface area (Å²) in [7, 11) is 0. The first-order chi connectivity index (χ1) is 16.6. The van der Waals surface area contributed by atoms with E-state index in [1.807, 2.05) is 42.6 Å². The number of amides is 1. The van der Waals surface area contributed by atoms with Gasteiger partial charge in [0.2, 0.25) is 11.9 Å². The summed E-state index contributed by atoms with van der Waals surface area (Å²) in [4.78, 5) is 25.7. The Hall–Kier alpha value is -3.97. The molecule has 7 heteroatoms. The van der Waals surface area contributed by atoms with Crippen LogP contribution in [0.15, 0.2) is 72.9 Å². The number of likely N-dealkylation sites (N-methyl/N-ethyl adjacent to an activating group) is 1. The van der Waals surface area contributed by atoms with Crippen LogP contribution in [0.25, 0.3) is 22.0 Å². The minimum absolute atomic E-state index is 0.437. The van der Waals surface area contributed by atoms with Gasteiger partial charge in [-0.05, 0) is 42.4 Å². The number of anilines is 3. The Morgan fingerprint density at radius 1 is 1.00 bits per heavy atom. The summed E-state index contributed by atoms with van der Waals surface area (Å²) in [6.45, 7) is 7.55. The Bertz CT molecular complexity index is 1310. The van der Waals surface area contributed by atoms with Crippen LogP contribution in [0.1, 0.15) is 17.3 Å². The molecular weight excluding hydrogens is 424 g/mol. The van der Waals surface area contributed by atoms with Crippen molar-refractivity contribution >= 4 is 34.1 Å². The molecule has 5 rings (SSSR count). The highest BCUT2D eigenvalue weighted by molar-refractivity contribution is 5.96. The van der Waals surface area contributed by atoms with Gasteiger partial charge in [-0.3, -0.25) is 4.79 Å². The number of nitrogens with zero attached hydrogens (tertiary/aromatic N) is 4. The van der Waals surface area contributed by atoms with Gasteiger partial charge in [0.15, 0.2) is 0 Å². The fourth-order valence-electron chi connectivity index (χ4n) is 4.39. The van der Waals surface area contributed by atoms with Gasteiger partial charge in [0, 0.05) is 60.3 Å². The number of aromatic nitrogens is 2. The lowest BCUT2D eigenvalue weighted by atomic mass is 10.0. The smallest absolute Gasteiger partial charge is 0.248 e. The van der Waals surface area contributed by atoms with Crippen LogP contribution in [0.2, 0.25) is 0 Å². The fourth-order valence-corrected chi connectivity index (χ4v) is 4.39. The average Bonchev–Trinajstić information content (AvgIpc) is 2.88. The van der Waals surface area contributed by atoms with Crippen LogP contribution < -0.4 is 16.0 Å². The highest BCUT2D eigenvalue weighted by atomic mass is 16.1. The Morgan fingerprint density at radius 2 is 1.76 bits per heavy atom. The summed E-state index contributed by atoms with van der Waals surface area (Å²) in [5, 5.41) is 4.33. The monoisotopic (exact) mass is 452 g/mol. The molecule has 1 aliphatic rings. The van der Waals surface area contributed by atoms with Gasteiger partial charge in [-0.25, -0.2) is 9.97 Å². The summed E-state index contributed by atoms with van der Waals surface area (Å²) in [5.74, 6) is 0.106. The number of primary amides is 1. The molecule has 0 saturated carbocycles. The minimum Gasteiger partial charge on any atom is -0.369 e. The molecule has 0 atom stereocenters. The molecule has 172 valence electrons. The first-order valence-electron chi connectivity index (χ1n) is 11.6. The quantitative estimate of drug-likeness (QED) is 0.454. The molecule has 34 heavy (non-hydrogen) atoms. The van der Waals surface area contributed by atoms with E-state index in [0.717, 1.165) is 60.4 Å². The molecule has 1 aromatic heterocycles. The number of nitrogens with two attached hydrogens (primary N) is 1. The molecule has 0 spiro atoms. The summed E-state index contributed by atoms with van der Waals surface area (Å²) < 4.78 is 0. The van der Waals surface area contributed by atoms with Gasteiger partial charge in [0.1, 0.15) is 0 Å². The molecule has 0 aliphatic carbocycles. The van der Waals surface area contributed by atoms with Crippen molar-refractivity contribution in [1.82, 2.24) is 14.9 Å². The van der Waals surface area contributed by atoms with E-state index in [1.54, 1.807) is 12.1 Å². The molecule has 0 radical (unpaired) electrons. The predicted molar refractivity (Wildman–Crippen MR) is 138 cm³/mol. The topological polar surface area (TPSA) is 87.4 Å². The number of hydrogen-bond acceptors (Lipinski definition) is 6.